The Bertz CT molecular complexity index is 581. The Labute approximate surface area is 126 Å². The molecular weight excluding hydrogens is 286 g/mol. The molecule has 1 aromatic rings. The summed E-state index contributed by atoms with van der Waals surface area (Å²) in [5, 5.41) is 3.54. The van der Waals surface area contributed by atoms with Gasteiger partial charge in [-0.15, -0.1) is 0 Å². The minimum Gasteiger partial charge on any atom is -0.381 e. The second-order valence-electron chi connectivity index (χ2n) is 5.94. The number of hydrogen-bond donors (Lipinski definition) is 2. The monoisotopic (exact) mass is 309 g/mol. The summed E-state index contributed by atoms with van der Waals surface area (Å²) >= 11 is 0. The summed E-state index contributed by atoms with van der Waals surface area (Å²) in [4.78, 5) is 2.57. The minimum atomic E-state index is -3.19. The van der Waals surface area contributed by atoms with Gasteiger partial charge in [0, 0.05) is 36.5 Å². The molecule has 1 saturated heterocycles. The van der Waals surface area contributed by atoms with Crippen LogP contribution in [0.4, 0.5) is 11.4 Å². The van der Waals surface area contributed by atoms with Crippen LogP contribution in [0.1, 0.15) is 26.2 Å². The van der Waals surface area contributed by atoms with Gasteiger partial charge in [-0.25, -0.2) is 8.42 Å². The Morgan fingerprint density at radius 2 is 1.81 bits per heavy atom. The second-order valence-corrected chi connectivity index (χ2v) is 7.95. The van der Waals surface area contributed by atoms with Gasteiger partial charge in [0.15, 0.2) is 0 Å². The zero-order chi connectivity index (χ0) is 14.9. The molecule has 2 fully saturated rings. The van der Waals surface area contributed by atoms with Crippen molar-refractivity contribution in [3.63, 3.8) is 0 Å². The summed E-state index contributed by atoms with van der Waals surface area (Å²) in [7, 11) is -3.19. The highest BCUT2D eigenvalue weighted by Gasteiger charge is 2.34. The highest BCUT2D eigenvalue weighted by atomic mass is 32.2. The first-order chi connectivity index (χ1) is 10.1. The maximum Gasteiger partial charge on any atom is 0.232 e. The average molecular weight is 309 g/mol. The van der Waals surface area contributed by atoms with E-state index in [0.717, 1.165) is 18.3 Å². The molecule has 1 heterocycles. The lowest BCUT2D eigenvalue weighted by molar-refractivity contribution is 0.326. The Balaban J connectivity index is 1.55. The van der Waals surface area contributed by atoms with E-state index in [4.69, 9.17) is 0 Å². The summed E-state index contributed by atoms with van der Waals surface area (Å²) in [6.07, 6.45) is 3.90. The van der Waals surface area contributed by atoms with Crippen molar-refractivity contribution >= 4 is 21.4 Å². The van der Waals surface area contributed by atoms with Crippen molar-refractivity contribution < 1.29 is 8.42 Å². The summed E-state index contributed by atoms with van der Waals surface area (Å²) in [6, 6.07) is 8.83. The van der Waals surface area contributed by atoms with E-state index in [1.54, 1.807) is 6.92 Å². The third-order valence-electron chi connectivity index (χ3n) is 4.19. The summed E-state index contributed by atoms with van der Waals surface area (Å²) < 4.78 is 25.6. The summed E-state index contributed by atoms with van der Waals surface area (Å²) in [5.74, 6) is 0.0894. The average Bonchev–Trinajstić information content (AvgIpc) is 3.21. The van der Waals surface area contributed by atoms with Gasteiger partial charge < -0.3 is 5.32 Å². The molecule has 21 heavy (non-hydrogen) atoms. The maximum atomic E-state index is 11.5. The molecular formula is C15H23N3O2S. The van der Waals surface area contributed by atoms with Gasteiger partial charge in [0.1, 0.15) is 0 Å². The van der Waals surface area contributed by atoms with Crippen LogP contribution in [-0.4, -0.2) is 44.2 Å². The lowest BCUT2D eigenvalue weighted by atomic mass is 10.2. The molecule has 2 aliphatic rings. The molecule has 0 amide bonds. The maximum absolute atomic E-state index is 11.5. The molecule has 1 aliphatic carbocycles. The van der Waals surface area contributed by atoms with Crippen molar-refractivity contribution in [1.29, 1.82) is 0 Å². The van der Waals surface area contributed by atoms with Gasteiger partial charge in [0.05, 0.1) is 5.75 Å². The first-order valence-electron chi connectivity index (χ1n) is 7.67. The molecule has 2 N–H and O–H groups in total. The molecule has 1 saturated carbocycles. The van der Waals surface area contributed by atoms with Crippen molar-refractivity contribution in [3.05, 3.63) is 24.3 Å². The van der Waals surface area contributed by atoms with Crippen LogP contribution in [0.3, 0.4) is 0 Å². The highest BCUT2D eigenvalue weighted by Crippen LogP contribution is 2.30. The van der Waals surface area contributed by atoms with E-state index in [2.05, 4.69) is 14.9 Å². The van der Waals surface area contributed by atoms with E-state index in [-0.39, 0.29) is 5.75 Å². The largest absolute Gasteiger partial charge is 0.381 e. The minimum absolute atomic E-state index is 0.0894. The van der Waals surface area contributed by atoms with Gasteiger partial charge in [-0.2, -0.15) is 0 Å². The van der Waals surface area contributed by atoms with Gasteiger partial charge in [-0.1, -0.05) is 0 Å². The normalized spacial score (nSPS) is 23.2. The Morgan fingerprint density at radius 1 is 1.14 bits per heavy atom. The van der Waals surface area contributed by atoms with Crippen LogP contribution in [0.15, 0.2) is 24.3 Å². The standard InChI is InChI=1S/C15H23N3O2S/c1-2-21(19,20)17-13-5-3-12(4-6-13)16-14-9-10-18(11-14)15-7-8-15/h3-6,14-17H,2,7-11H2,1H3. The van der Waals surface area contributed by atoms with Crippen LogP contribution >= 0.6 is 0 Å². The van der Waals surface area contributed by atoms with Crippen molar-refractivity contribution in [1.82, 2.24) is 4.90 Å². The predicted octanol–water partition coefficient (Wildman–Crippen LogP) is 2.10. The fourth-order valence-corrected chi connectivity index (χ4v) is 3.44. The zero-order valence-corrected chi connectivity index (χ0v) is 13.2. The molecule has 0 spiro atoms. The molecule has 3 rings (SSSR count). The van der Waals surface area contributed by atoms with Crippen molar-refractivity contribution in [2.24, 2.45) is 0 Å². The highest BCUT2D eigenvalue weighted by molar-refractivity contribution is 7.92. The van der Waals surface area contributed by atoms with Gasteiger partial charge in [-0.3, -0.25) is 9.62 Å². The molecule has 0 bridgehead atoms. The summed E-state index contributed by atoms with van der Waals surface area (Å²) in [5.41, 5.74) is 1.67. The summed E-state index contributed by atoms with van der Waals surface area (Å²) in [6.45, 7) is 3.94. The fourth-order valence-electron chi connectivity index (χ4n) is 2.80. The first-order valence-corrected chi connectivity index (χ1v) is 9.32. The molecule has 0 radical (unpaired) electrons. The van der Waals surface area contributed by atoms with Crippen LogP contribution in [-0.2, 0) is 10.0 Å². The zero-order valence-electron chi connectivity index (χ0n) is 12.4. The van der Waals surface area contributed by atoms with Gasteiger partial charge in [0.25, 0.3) is 0 Å². The van der Waals surface area contributed by atoms with Crippen LogP contribution in [0.25, 0.3) is 0 Å². The lowest BCUT2D eigenvalue weighted by Crippen LogP contribution is -2.27. The van der Waals surface area contributed by atoms with E-state index in [1.165, 1.54) is 25.8 Å². The van der Waals surface area contributed by atoms with Gasteiger partial charge >= 0.3 is 0 Å². The van der Waals surface area contributed by atoms with E-state index in [9.17, 15) is 8.42 Å². The van der Waals surface area contributed by atoms with E-state index < -0.39 is 10.0 Å². The van der Waals surface area contributed by atoms with E-state index >= 15 is 0 Å². The predicted molar refractivity (Wildman–Crippen MR) is 86.1 cm³/mol. The third-order valence-corrected chi connectivity index (χ3v) is 5.50. The number of benzene rings is 1. The third kappa shape index (κ3) is 3.89. The molecule has 116 valence electrons. The van der Waals surface area contributed by atoms with Crippen molar-refractivity contribution in [2.45, 2.75) is 38.3 Å². The fraction of sp³-hybridized carbons (Fsp3) is 0.600. The van der Waals surface area contributed by atoms with Crippen LogP contribution in [0.5, 0.6) is 0 Å². The molecule has 5 nitrogen and oxygen atoms in total. The Hall–Kier alpha value is -1.27. The SMILES string of the molecule is CCS(=O)(=O)Nc1ccc(NC2CCN(C3CC3)C2)cc1. The topological polar surface area (TPSA) is 61.4 Å². The first kappa shape index (κ1) is 14.7. The molecule has 1 aromatic carbocycles. The molecule has 6 heteroatoms. The number of hydrogen-bond acceptors (Lipinski definition) is 4. The molecule has 1 unspecified atom stereocenters. The van der Waals surface area contributed by atoms with Crippen LogP contribution in [0, 0.1) is 0 Å². The van der Waals surface area contributed by atoms with Crippen molar-refractivity contribution in [3.8, 4) is 0 Å². The number of likely N-dealkylation sites (tertiary alicyclic amines) is 1. The lowest BCUT2D eigenvalue weighted by Gasteiger charge is -2.17. The van der Waals surface area contributed by atoms with Crippen LogP contribution in [0.2, 0.25) is 0 Å². The number of nitrogens with zero attached hydrogens (tertiary/aromatic N) is 1. The van der Waals surface area contributed by atoms with Gasteiger partial charge in [0.2, 0.25) is 10.0 Å². The van der Waals surface area contributed by atoms with Crippen molar-refractivity contribution in [2.75, 3.05) is 28.9 Å². The Morgan fingerprint density at radius 3 is 2.43 bits per heavy atom. The Kier molecular flexibility index (Phi) is 4.08. The number of anilines is 2. The molecule has 0 aromatic heterocycles. The number of nitrogens with one attached hydrogen (secondary N) is 2. The van der Waals surface area contributed by atoms with Crippen LogP contribution < -0.4 is 10.0 Å². The number of sulfonamides is 1. The molecule has 1 aliphatic heterocycles. The van der Waals surface area contributed by atoms with Gasteiger partial charge in [-0.05, 0) is 50.5 Å². The molecule has 1 atom stereocenters. The van der Waals surface area contributed by atoms with E-state index in [0.29, 0.717) is 11.7 Å². The van der Waals surface area contributed by atoms with E-state index in [1.807, 2.05) is 24.3 Å². The number of rotatable bonds is 6. The quantitative estimate of drug-likeness (QED) is 0.845. The smallest absolute Gasteiger partial charge is 0.232 e. The second kappa shape index (κ2) is 5.85.